The Kier molecular flexibility index (Phi) is 6.15. The highest BCUT2D eigenvalue weighted by Gasteiger charge is 2.46. The number of nitrogens with zero attached hydrogens (tertiary/aromatic N) is 4. The van der Waals surface area contributed by atoms with Crippen LogP contribution < -0.4 is 5.73 Å². The van der Waals surface area contributed by atoms with Crippen LogP contribution in [0.1, 0.15) is 33.6 Å². The van der Waals surface area contributed by atoms with Crippen molar-refractivity contribution >= 4 is 30.7 Å². The molecule has 3 rings (SSSR count). The van der Waals surface area contributed by atoms with Gasteiger partial charge in [-0.05, 0) is 33.6 Å². The molecule has 30 heavy (non-hydrogen) atoms. The van der Waals surface area contributed by atoms with E-state index in [1.165, 1.54) is 6.33 Å². The third kappa shape index (κ3) is 5.12. The van der Waals surface area contributed by atoms with Crippen molar-refractivity contribution in [2.45, 2.75) is 45.8 Å². The molecule has 1 fully saturated rings. The number of esters is 1. The molecule has 165 valence electrons. The summed E-state index contributed by atoms with van der Waals surface area (Å²) in [6, 6.07) is 0. The second-order valence-corrected chi connectivity index (χ2v) is 10.0. The standard InChI is InChI=1S/C17H24FN5O6P/c1-16(2,3)14(24)27-9-29-30(25,26-4)10-28-17(5-6-17)7-23-8-20-11-12(18)21-15(19)22-13(11)23/h8H,4-7,9-10H2,1-3H3,(H2,19,21,22). The molecule has 13 heteroatoms. The van der Waals surface area contributed by atoms with Gasteiger partial charge in [0.15, 0.2) is 11.2 Å². The molecule has 1 saturated carbocycles. The lowest BCUT2D eigenvalue weighted by molar-refractivity contribution is -0.160. The minimum absolute atomic E-state index is 0.00393. The van der Waals surface area contributed by atoms with Gasteiger partial charge in [0.05, 0.1) is 31.0 Å². The van der Waals surface area contributed by atoms with Crippen LogP contribution in [0.25, 0.3) is 11.2 Å². The zero-order chi connectivity index (χ0) is 22.2. The Balaban J connectivity index is 1.60. The molecule has 0 saturated heterocycles. The van der Waals surface area contributed by atoms with E-state index in [-0.39, 0.29) is 23.7 Å². The van der Waals surface area contributed by atoms with E-state index in [0.717, 1.165) is 0 Å². The molecule has 1 radical (unpaired) electrons. The van der Waals surface area contributed by atoms with E-state index in [0.29, 0.717) is 12.8 Å². The summed E-state index contributed by atoms with van der Waals surface area (Å²) in [6.07, 6.45) is 2.32. The van der Waals surface area contributed by atoms with E-state index < -0.39 is 43.7 Å². The fourth-order valence-corrected chi connectivity index (χ4v) is 3.41. The van der Waals surface area contributed by atoms with Crippen molar-refractivity contribution in [3.8, 4) is 0 Å². The molecule has 2 aromatic heterocycles. The van der Waals surface area contributed by atoms with Crippen LogP contribution in [0.15, 0.2) is 6.33 Å². The maximum Gasteiger partial charge on any atom is 0.359 e. The number of hydrogen-bond acceptors (Lipinski definition) is 10. The summed E-state index contributed by atoms with van der Waals surface area (Å²) in [5.41, 5.74) is 4.34. The Morgan fingerprint density at radius 2 is 2.10 bits per heavy atom. The van der Waals surface area contributed by atoms with Gasteiger partial charge in [0, 0.05) is 0 Å². The average Bonchev–Trinajstić information content (AvgIpc) is 3.32. The number of anilines is 1. The monoisotopic (exact) mass is 444 g/mol. The van der Waals surface area contributed by atoms with Gasteiger partial charge in [0.2, 0.25) is 18.7 Å². The van der Waals surface area contributed by atoms with Crippen LogP contribution >= 0.6 is 7.60 Å². The molecule has 0 spiro atoms. The lowest BCUT2D eigenvalue weighted by Crippen LogP contribution is -2.25. The molecule has 2 aromatic rings. The average molecular weight is 444 g/mol. The molecule has 1 aliphatic carbocycles. The topological polar surface area (TPSA) is 141 Å². The highest BCUT2D eigenvalue weighted by Crippen LogP contribution is 2.52. The Morgan fingerprint density at radius 1 is 1.40 bits per heavy atom. The number of rotatable bonds is 9. The predicted octanol–water partition coefficient (Wildman–Crippen LogP) is 2.62. The largest absolute Gasteiger partial charge is 0.438 e. The van der Waals surface area contributed by atoms with E-state index in [1.54, 1.807) is 25.3 Å². The number of carbonyl (C=O) groups excluding carboxylic acids is 1. The van der Waals surface area contributed by atoms with Crippen LogP contribution in [-0.4, -0.2) is 44.2 Å². The molecule has 11 nitrogen and oxygen atoms in total. The first-order valence-corrected chi connectivity index (χ1v) is 10.8. The van der Waals surface area contributed by atoms with Gasteiger partial charge >= 0.3 is 13.6 Å². The maximum atomic E-state index is 13.9. The Bertz CT molecular complexity index is 987. The summed E-state index contributed by atoms with van der Waals surface area (Å²) in [5, 5.41) is 0. The lowest BCUT2D eigenvalue weighted by atomic mass is 9.98. The smallest absolute Gasteiger partial charge is 0.359 e. The highest BCUT2D eigenvalue weighted by molar-refractivity contribution is 7.53. The molecule has 2 N–H and O–H groups in total. The maximum absolute atomic E-state index is 13.9. The summed E-state index contributed by atoms with van der Waals surface area (Å²) >= 11 is 0. The van der Waals surface area contributed by atoms with Crippen molar-refractivity contribution < 1.29 is 32.3 Å². The second kappa shape index (κ2) is 8.18. The normalized spacial score (nSPS) is 17.6. The van der Waals surface area contributed by atoms with Crippen molar-refractivity contribution in [2.24, 2.45) is 5.41 Å². The summed E-state index contributed by atoms with van der Waals surface area (Å²) in [5.74, 6) is -1.53. The third-order valence-electron chi connectivity index (χ3n) is 4.48. The van der Waals surface area contributed by atoms with Gasteiger partial charge in [-0.2, -0.15) is 14.4 Å². The number of nitrogens with two attached hydrogens (primary N) is 1. The number of fused-ring (bicyclic) bond motifs is 1. The molecular formula is C17H24FN5O6P. The number of aromatic nitrogens is 4. The zero-order valence-electron chi connectivity index (χ0n) is 17.0. The first-order chi connectivity index (χ1) is 14.0. The minimum atomic E-state index is -3.76. The van der Waals surface area contributed by atoms with E-state index in [4.69, 9.17) is 24.3 Å². The van der Waals surface area contributed by atoms with Crippen LogP contribution in [0.5, 0.6) is 0 Å². The fraction of sp³-hybridized carbons (Fsp3) is 0.588. The number of nitrogen functional groups attached to an aromatic ring is 1. The molecule has 0 bridgehead atoms. The SMILES string of the molecule is [CH2]OP(=O)(COC1(Cn2cnc3c(F)nc(N)nc32)CC1)OCOC(=O)C(C)(C)C. The molecule has 0 amide bonds. The van der Waals surface area contributed by atoms with E-state index in [9.17, 15) is 13.8 Å². The number of hydrogen-bond donors (Lipinski definition) is 1. The van der Waals surface area contributed by atoms with Crippen LogP contribution in [0.4, 0.5) is 10.3 Å². The van der Waals surface area contributed by atoms with Gasteiger partial charge in [-0.1, -0.05) is 0 Å². The number of carbonyl (C=O) groups is 1. The van der Waals surface area contributed by atoms with Crippen molar-refractivity contribution in [2.75, 3.05) is 18.9 Å². The quantitative estimate of drug-likeness (QED) is 0.265. The van der Waals surface area contributed by atoms with Gasteiger partial charge in [-0.15, -0.1) is 0 Å². The van der Waals surface area contributed by atoms with Crippen LogP contribution in [-0.2, 0) is 34.4 Å². The van der Waals surface area contributed by atoms with Gasteiger partial charge in [-0.25, -0.2) is 4.98 Å². The number of ether oxygens (including phenoxy) is 2. The van der Waals surface area contributed by atoms with Crippen LogP contribution in [0, 0.1) is 18.5 Å². The van der Waals surface area contributed by atoms with Crippen molar-refractivity contribution in [1.29, 1.82) is 0 Å². The predicted molar refractivity (Wildman–Crippen MR) is 103 cm³/mol. The molecular weight excluding hydrogens is 420 g/mol. The van der Waals surface area contributed by atoms with Crippen molar-refractivity contribution in [3.63, 3.8) is 0 Å². The van der Waals surface area contributed by atoms with Gasteiger partial charge in [0.1, 0.15) is 6.35 Å². The fourth-order valence-electron chi connectivity index (χ4n) is 2.54. The van der Waals surface area contributed by atoms with Gasteiger partial charge < -0.3 is 24.3 Å². The van der Waals surface area contributed by atoms with Crippen LogP contribution in [0.2, 0.25) is 0 Å². The van der Waals surface area contributed by atoms with Gasteiger partial charge in [0.25, 0.3) is 0 Å². The van der Waals surface area contributed by atoms with Crippen LogP contribution in [0.3, 0.4) is 0 Å². The van der Waals surface area contributed by atoms with E-state index in [2.05, 4.69) is 22.1 Å². The second-order valence-electron chi connectivity index (χ2n) is 8.04. The van der Waals surface area contributed by atoms with E-state index in [1.807, 2.05) is 0 Å². The Hall–Kier alpha value is -2.14. The van der Waals surface area contributed by atoms with Crippen molar-refractivity contribution in [1.82, 2.24) is 19.5 Å². The minimum Gasteiger partial charge on any atom is -0.438 e. The molecule has 1 atom stereocenters. The Labute approximate surface area is 172 Å². The van der Waals surface area contributed by atoms with E-state index >= 15 is 0 Å². The third-order valence-corrected chi connectivity index (χ3v) is 5.82. The molecule has 0 aliphatic heterocycles. The number of imidazole rings is 1. The van der Waals surface area contributed by atoms with Crippen molar-refractivity contribution in [3.05, 3.63) is 19.4 Å². The number of halogens is 1. The summed E-state index contributed by atoms with van der Waals surface area (Å²) in [4.78, 5) is 23.2. The summed E-state index contributed by atoms with van der Waals surface area (Å²) in [6.45, 7) is 4.75. The first-order valence-electron chi connectivity index (χ1n) is 9.09. The highest BCUT2D eigenvalue weighted by atomic mass is 31.2. The molecule has 1 unspecified atom stereocenters. The van der Waals surface area contributed by atoms with Gasteiger partial charge in [-0.3, -0.25) is 13.9 Å². The summed E-state index contributed by atoms with van der Waals surface area (Å²) < 4.78 is 48.7. The lowest BCUT2D eigenvalue weighted by Gasteiger charge is -2.22. The molecule has 1 aliphatic rings. The molecule has 0 aromatic carbocycles. The Morgan fingerprint density at radius 3 is 2.70 bits per heavy atom. The first kappa shape index (κ1) is 22.5. The zero-order valence-corrected chi connectivity index (χ0v) is 17.9. The molecule has 2 heterocycles. The summed E-state index contributed by atoms with van der Waals surface area (Å²) in [7, 11) is -0.595.